The highest BCUT2D eigenvalue weighted by atomic mass is 16.4. The van der Waals surface area contributed by atoms with Crippen LogP contribution < -0.4 is 0 Å². The van der Waals surface area contributed by atoms with Crippen molar-refractivity contribution < 1.29 is 19.8 Å². The molecule has 2 heterocycles. The molecule has 2 N–H and O–H groups in total. The summed E-state index contributed by atoms with van der Waals surface area (Å²) < 4.78 is 0. The largest absolute Gasteiger partial charge is 0.478 e. The van der Waals surface area contributed by atoms with Crippen LogP contribution in [0.5, 0.6) is 0 Å². The molecule has 6 heteroatoms. The van der Waals surface area contributed by atoms with E-state index in [9.17, 15) is 9.59 Å². The zero-order valence-corrected chi connectivity index (χ0v) is 7.91. The Balaban J connectivity index is 2.86. The Labute approximate surface area is 89.2 Å². The lowest BCUT2D eigenvalue weighted by atomic mass is 10.1. The second kappa shape index (κ2) is 3.58. The average Bonchev–Trinajstić information content (AvgIpc) is 2.27. The number of carboxylic acids is 2. The molecule has 2 aromatic heterocycles. The summed E-state index contributed by atoms with van der Waals surface area (Å²) in [5, 5.41) is 17.8. The monoisotopic (exact) mass is 218 g/mol. The molecule has 2 aromatic rings. The smallest absolute Gasteiger partial charge is 0.338 e. The van der Waals surface area contributed by atoms with E-state index in [2.05, 4.69) is 9.97 Å². The minimum atomic E-state index is -1.16. The Hall–Kier alpha value is -2.50. The first-order valence-corrected chi connectivity index (χ1v) is 4.31. The Bertz CT molecular complexity index is 541. The van der Waals surface area contributed by atoms with Gasteiger partial charge >= 0.3 is 11.9 Å². The minimum absolute atomic E-state index is 0.0619. The summed E-state index contributed by atoms with van der Waals surface area (Å²) in [6.07, 6.45) is 2.50. The van der Waals surface area contributed by atoms with Crippen molar-refractivity contribution in [3.63, 3.8) is 0 Å². The van der Waals surface area contributed by atoms with E-state index in [1.165, 1.54) is 24.5 Å². The molecule has 0 amide bonds. The van der Waals surface area contributed by atoms with Crippen LogP contribution in [-0.2, 0) is 0 Å². The van der Waals surface area contributed by atoms with Gasteiger partial charge in [0.15, 0.2) is 0 Å². The summed E-state index contributed by atoms with van der Waals surface area (Å²) in [4.78, 5) is 29.4. The van der Waals surface area contributed by atoms with Crippen molar-refractivity contribution in [3.8, 4) is 0 Å². The van der Waals surface area contributed by atoms with Gasteiger partial charge < -0.3 is 10.2 Å². The van der Waals surface area contributed by atoms with Gasteiger partial charge in [0, 0.05) is 12.4 Å². The van der Waals surface area contributed by atoms with E-state index < -0.39 is 11.9 Å². The van der Waals surface area contributed by atoms with Gasteiger partial charge in [0.05, 0.1) is 11.1 Å². The maximum Gasteiger partial charge on any atom is 0.338 e. The van der Waals surface area contributed by atoms with Crippen molar-refractivity contribution in [2.24, 2.45) is 0 Å². The second-order valence-electron chi connectivity index (χ2n) is 3.02. The molecule has 16 heavy (non-hydrogen) atoms. The molecular weight excluding hydrogens is 212 g/mol. The predicted molar refractivity (Wildman–Crippen MR) is 53.5 cm³/mol. The molecule has 6 nitrogen and oxygen atoms in total. The first kappa shape index (κ1) is 10.0. The van der Waals surface area contributed by atoms with Gasteiger partial charge in [-0.2, -0.15) is 0 Å². The third-order valence-electron chi connectivity index (χ3n) is 2.09. The number of aromatic carboxylic acids is 2. The van der Waals surface area contributed by atoms with Crippen LogP contribution in [0.15, 0.2) is 24.5 Å². The number of hydrogen-bond donors (Lipinski definition) is 2. The van der Waals surface area contributed by atoms with Crippen molar-refractivity contribution in [2.45, 2.75) is 0 Å². The maximum absolute atomic E-state index is 10.9. The molecule has 0 aliphatic heterocycles. The van der Waals surface area contributed by atoms with Crippen LogP contribution in [0.3, 0.4) is 0 Å². The van der Waals surface area contributed by atoms with Crippen molar-refractivity contribution in [2.75, 3.05) is 0 Å². The number of hydrogen-bond acceptors (Lipinski definition) is 4. The Morgan fingerprint density at radius 1 is 0.875 bits per heavy atom. The summed E-state index contributed by atoms with van der Waals surface area (Å²) in [7, 11) is 0. The molecule has 0 spiro atoms. The molecule has 0 unspecified atom stereocenters. The van der Waals surface area contributed by atoms with E-state index in [0.29, 0.717) is 0 Å². The summed E-state index contributed by atoms with van der Waals surface area (Å²) in [5.41, 5.74) is 0.0333. The van der Waals surface area contributed by atoms with Gasteiger partial charge in [-0.05, 0) is 12.1 Å². The maximum atomic E-state index is 10.9. The topological polar surface area (TPSA) is 100 Å². The number of pyridine rings is 2. The second-order valence-corrected chi connectivity index (χ2v) is 3.02. The quantitative estimate of drug-likeness (QED) is 0.780. The molecule has 0 aliphatic rings. The highest BCUT2D eigenvalue weighted by Gasteiger charge is 2.15. The van der Waals surface area contributed by atoms with Gasteiger partial charge in [0.1, 0.15) is 11.0 Å². The number of rotatable bonds is 2. The van der Waals surface area contributed by atoms with E-state index in [1.807, 2.05) is 0 Å². The minimum Gasteiger partial charge on any atom is -0.478 e. The molecule has 2 rings (SSSR count). The van der Waals surface area contributed by atoms with Gasteiger partial charge in [-0.25, -0.2) is 9.59 Å². The predicted octanol–water partition coefficient (Wildman–Crippen LogP) is 1.03. The van der Waals surface area contributed by atoms with Crippen LogP contribution in [0.1, 0.15) is 20.7 Å². The molecule has 0 saturated heterocycles. The zero-order chi connectivity index (χ0) is 11.7. The third-order valence-corrected chi connectivity index (χ3v) is 2.09. The zero-order valence-electron chi connectivity index (χ0n) is 7.91. The summed E-state index contributed by atoms with van der Waals surface area (Å²) in [6.45, 7) is 0. The van der Waals surface area contributed by atoms with Crippen LogP contribution in [0.4, 0.5) is 0 Å². The van der Waals surface area contributed by atoms with Crippen molar-refractivity contribution in [1.29, 1.82) is 0 Å². The van der Waals surface area contributed by atoms with Gasteiger partial charge in [0.2, 0.25) is 0 Å². The summed E-state index contributed by atoms with van der Waals surface area (Å²) in [5.74, 6) is -2.33. The van der Waals surface area contributed by atoms with Crippen LogP contribution in [0, 0.1) is 0 Å². The Kier molecular flexibility index (Phi) is 2.24. The normalized spacial score (nSPS) is 10.2. The number of fused-ring (bicyclic) bond motifs is 1. The number of nitrogens with zero attached hydrogens (tertiary/aromatic N) is 2. The van der Waals surface area contributed by atoms with Crippen LogP contribution in [0.2, 0.25) is 0 Å². The van der Waals surface area contributed by atoms with Crippen LogP contribution >= 0.6 is 0 Å². The van der Waals surface area contributed by atoms with E-state index in [-0.39, 0.29) is 22.2 Å². The number of carboxylic acid groups (broad SMARTS) is 2. The van der Waals surface area contributed by atoms with Crippen LogP contribution in [0.25, 0.3) is 11.0 Å². The van der Waals surface area contributed by atoms with Crippen molar-refractivity contribution >= 4 is 23.0 Å². The highest BCUT2D eigenvalue weighted by Crippen LogP contribution is 2.17. The molecule has 0 aromatic carbocycles. The lowest BCUT2D eigenvalue weighted by Crippen LogP contribution is -2.04. The molecule has 80 valence electrons. The standard InChI is InChI=1S/C10H6N2O4/c13-9(14)5-1-3-11-8-6(10(15)16)2-4-12-7(5)8/h1-4H,(H,13,14)(H,15,16). The van der Waals surface area contributed by atoms with Crippen molar-refractivity contribution in [1.82, 2.24) is 9.97 Å². The van der Waals surface area contributed by atoms with E-state index in [0.717, 1.165) is 0 Å². The molecule has 0 fully saturated rings. The summed E-state index contributed by atoms with van der Waals surface area (Å²) >= 11 is 0. The van der Waals surface area contributed by atoms with E-state index in [1.54, 1.807) is 0 Å². The van der Waals surface area contributed by atoms with Gasteiger partial charge in [-0.3, -0.25) is 9.97 Å². The number of carbonyl (C=O) groups is 2. The van der Waals surface area contributed by atoms with Crippen LogP contribution in [-0.4, -0.2) is 32.1 Å². The Morgan fingerprint density at radius 2 is 1.25 bits per heavy atom. The first-order chi connectivity index (χ1) is 7.61. The fourth-order valence-corrected chi connectivity index (χ4v) is 1.39. The van der Waals surface area contributed by atoms with Gasteiger partial charge in [-0.15, -0.1) is 0 Å². The molecule has 0 atom stereocenters. The average molecular weight is 218 g/mol. The highest BCUT2D eigenvalue weighted by molar-refractivity contribution is 6.06. The van der Waals surface area contributed by atoms with Crippen molar-refractivity contribution in [3.05, 3.63) is 35.7 Å². The SMILES string of the molecule is O=C(O)c1ccnc2c(C(=O)O)ccnc12. The Morgan fingerprint density at radius 3 is 1.56 bits per heavy atom. The van der Waals surface area contributed by atoms with E-state index >= 15 is 0 Å². The lowest BCUT2D eigenvalue weighted by molar-refractivity contribution is 0.0685. The van der Waals surface area contributed by atoms with Gasteiger partial charge in [-0.1, -0.05) is 0 Å². The summed E-state index contributed by atoms with van der Waals surface area (Å²) in [6, 6.07) is 2.56. The molecular formula is C10H6N2O4. The molecule has 0 aliphatic carbocycles. The molecule has 0 radical (unpaired) electrons. The third kappa shape index (κ3) is 1.46. The lowest BCUT2D eigenvalue weighted by Gasteiger charge is -2.02. The molecule has 0 bridgehead atoms. The molecule has 0 saturated carbocycles. The number of aromatic nitrogens is 2. The van der Waals surface area contributed by atoms with Gasteiger partial charge in [0.25, 0.3) is 0 Å². The fourth-order valence-electron chi connectivity index (χ4n) is 1.39. The fraction of sp³-hybridized carbons (Fsp3) is 0. The van der Waals surface area contributed by atoms with E-state index in [4.69, 9.17) is 10.2 Å². The first-order valence-electron chi connectivity index (χ1n) is 4.31.